The number of halogens is 1. The summed E-state index contributed by atoms with van der Waals surface area (Å²) in [7, 11) is 0. The van der Waals surface area contributed by atoms with E-state index in [2.05, 4.69) is 11.9 Å². The van der Waals surface area contributed by atoms with Crippen LogP contribution in [0.25, 0.3) is 10.2 Å². The maximum absolute atomic E-state index is 13.4. The normalized spacial score (nSPS) is 16.6. The van der Waals surface area contributed by atoms with Gasteiger partial charge in [-0.25, -0.2) is 4.98 Å². The lowest BCUT2D eigenvalue weighted by atomic mass is 10.2. The molecule has 3 aromatic rings. The number of carbonyl (C=O) groups excluding carboxylic acids is 1. The van der Waals surface area contributed by atoms with Gasteiger partial charge in [0.2, 0.25) is 0 Å². The average Bonchev–Trinajstić information content (AvgIpc) is 3.37. The highest BCUT2D eigenvalue weighted by molar-refractivity contribution is 7.99. The third-order valence-corrected chi connectivity index (χ3v) is 6.90. The molecule has 1 aromatic heterocycles. The lowest BCUT2D eigenvalue weighted by Gasteiger charge is -2.23. The van der Waals surface area contributed by atoms with E-state index in [1.54, 1.807) is 16.7 Å². The minimum Gasteiger partial charge on any atom is -0.376 e. The van der Waals surface area contributed by atoms with Gasteiger partial charge in [-0.15, -0.1) is 11.8 Å². The highest BCUT2D eigenvalue weighted by atomic mass is 35.5. The predicted molar refractivity (Wildman–Crippen MR) is 118 cm³/mol. The van der Waals surface area contributed by atoms with Crippen molar-refractivity contribution in [2.24, 2.45) is 0 Å². The number of thioether (sulfide) groups is 1. The van der Waals surface area contributed by atoms with E-state index in [1.165, 1.54) is 11.3 Å². The number of anilines is 1. The van der Waals surface area contributed by atoms with Crippen LogP contribution in [0.5, 0.6) is 0 Å². The van der Waals surface area contributed by atoms with E-state index in [4.69, 9.17) is 16.3 Å². The zero-order valence-corrected chi connectivity index (χ0v) is 17.9. The van der Waals surface area contributed by atoms with E-state index < -0.39 is 0 Å². The minimum absolute atomic E-state index is 0.0429. The lowest BCUT2D eigenvalue weighted by Crippen LogP contribution is -2.37. The minimum atomic E-state index is -0.0567. The number of amides is 1. The first-order valence-corrected chi connectivity index (χ1v) is 11.5. The van der Waals surface area contributed by atoms with Gasteiger partial charge in [-0.05, 0) is 55.0 Å². The van der Waals surface area contributed by atoms with Crippen LogP contribution in [-0.4, -0.2) is 35.9 Å². The Morgan fingerprint density at radius 1 is 1.32 bits per heavy atom. The number of fused-ring (bicyclic) bond motifs is 1. The van der Waals surface area contributed by atoms with Gasteiger partial charge in [0.05, 0.1) is 22.4 Å². The molecule has 1 fully saturated rings. The summed E-state index contributed by atoms with van der Waals surface area (Å²) in [5, 5.41) is 1.26. The number of thiazole rings is 1. The number of carbonyl (C=O) groups is 1. The number of para-hydroxylation sites is 1. The van der Waals surface area contributed by atoms with Crippen LogP contribution >= 0.6 is 34.7 Å². The Balaban J connectivity index is 1.67. The van der Waals surface area contributed by atoms with Gasteiger partial charge in [-0.3, -0.25) is 9.69 Å². The van der Waals surface area contributed by atoms with E-state index in [-0.39, 0.29) is 12.0 Å². The van der Waals surface area contributed by atoms with Gasteiger partial charge in [-0.2, -0.15) is 0 Å². The van der Waals surface area contributed by atoms with Gasteiger partial charge in [0.1, 0.15) is 5.52 Å². The van der Waals surface area contributed by atoms with Crippen LogP contribution in [0, 0.1) is 0 Å². The van der Waals surface area contributed by atoms with E-state index in [1.807, 2.05) is 42.5 Å². The quantitative estimate of drug-likeness (QED) is 0.455. The van der Waals surface area contributed by atoms with E-state index >= 15 is 0 Å². The third-order valence-electron chi connectivity index (χ3n) is 4.66. The summed E-state index contributed by atoms with van der Waals surface area (Å²) in [6.07, 6.45) is 2.03. The zero-order valence-electron chi connectivity index (χ0n) is 15.6. The number of rotatable bonds is 6. The summed E-state index contributed by atoms with van der Waals surface area (Å²) in [6, 6.07) is 13.5. The van der Waals surface area contributed by atoms with E-state index in [0.717, 1.165) is 40.3 Å². The molecule has 1 aliphatic heterocycles. The van der Waals surface area contributed by atoms with Crippen LogP contribution in [0.2, 0.25) is 5.02 Å². The Hall–Kier alpha value is -1.60. The summed E-state index contributed by atoms with van der Waals surface area (Å²) in [5.74, 6) is 0.948. The summed E-state index contributed by atoms with van der Waals surface area (Å²) >= 11 is 9.55. The predicted octanol–water partition coefficient (Wildman–Crippen LogP) is 5.89. The molecule has 4 nitrogen and oxygen atoms in total. The largest absolute Gasteiger partial charge is 0.376 e. The second kappa shape index (κ2) is 8.82. The Kier molecular flexibility index (Phi) is 6.21. The molecule has 1 atom stereocenters. The molecule has 28 heavy (non-hydrogen) atoms. The van der Waals surface area contributed by atoms with Gasteiger partial charge in [0.15, 0.2) is 5.13 Å². The van der Waals surface area contributed by atoms with Crippen molar-refractivity contribution in [1.82, 2.24) is 4.98 Å². The Morgan fingerprint density at radius 2 is 2.14 bits per heavy atom. The van der Waals surface area contributed by atoms with Crippen LogP contribution in [0.15, 0.2) is 47.4 Å². The highest BCUT2D eigenvalue weighted by Gasteiger charge is 2.27. The fourth-order valence-corrected chi connectivity index (χ4v) is 5.21. The van der Waals surface area contributed by atoms with E-state index in [0.29, 0.717) is 22.3 Å². The molecule has 1 saturated heterocycles. The van der Waals surface area contributed by atoms with Crippen LogP contribution in [0.3, 0.4) is 0 Å². The SMILES string of the molecule is CCSc1ccc(C(=O)N(CC2CCCO2)c2nc3c(Cl)cccc3s2)cc1. The number of hydrogen-bond donors (Lipinski definition) is 0. The zero-order chi connectivity index (χ0) is 19.5. The lowest BCUT2D eigenvalue weighted by molar-refractivity contribution is 0.0917. The number of benzene rings is 2. The van der Waals surface area contributed by atoms with Crippen LogP contribution in [-0.2, 0) is 4.74 Å². The molecule has 4 rings (SSSR count). The fraction of sp³-hybridized carbons (Fsp3) is 0.333. The first-order chi connectivity index (χ1) is 13.7. The molecule has 0 spiro atoms. The fourth-order valence-electron chi connectivity index (χ4n) is 3.27. The Morgan fingerprint density at radius 3 is 2.82 bits per heavy atom. The third kappa shape index (κ3) is 4.20. The van der Waals surface area contributed by atoms with E-state index in [9.17, 15) is 4.79 Å². The van der Waals surface area contributed by atoms with Gasteiger partial charge in [0, 0.05) is 17.1 Å². The molecule has 0 bridgehead atoms. The summed E-state index contributed by atoms with van der Waals surface area (Å²) < 4.78 is 6.77. The first kappa shape index (κ1) is 19.7. The molecule has 1 aliphatic rings. The maximum Gasteiger partial charge on any atom is 0.260 e. The maximum atomic E-state index is 13.4. The number of ether oxygens (including phenoxy) is 1. The van der Waals surface area contributed by atoms with Gasteiger partial charge >= 0.3 is 0 Å². The van der Waals surface area contributed by atoms with Crippen molar-refractivity contribution >= 4 is 56.0 Å². The smallest absolute Gasteiger partial charge is 0.260 e. The molecular formula is C21H21ClN2O2S2. The summed E-state index contributed by atoms with van der Waals surface area (Å²) in [4.78, 5) is 21.0. The number of aromatic nitrogens is 1. The molecule has 1 unspecified atom stereocenters. The van der Waals surface area contributed by atoms with Crippen molar-refractivity contribution in [3.05, 3.63) is 53.1 Å². The molecule has 7 heteroatoms. The van der Waals surface area contributed by atoms with Crippen LogP contribution < -0.4 is 4.90 Å². The van der Waals surface area contributed by atoms with Crippen molar-refractivity contribution in [2.75, 3.05) is 23.8 Å². The van der Waals surface area contributed by atoms with Gasteiger partial charge < -0.3 is 4.74 Å². The second-order valence-corrected chi connectivity index (χ2v) is 9.34. The van der Waals surface area contributed by atoms with Crippen molar-refractivity contribution in [1.29, 1.82) is 0 Å². The van der Waals surface area contributed by atoms with Crippen molar-refractivity contribution < 1.29 is 9.53 Å². The van der Waals surface area contributed by atoms with Gasteiger partial charge in [-0.1, -0.05) is 35.9 Å². The highest BCUT2D eigenvalue weighted by Crippen LogP contribution is 2.34. The molecule has 0 radical (unpaired) electrons. The Bertz CT molecular complexity index is 968. The van der Waals surface area contributed by atoms with Crippen molar-refractivity contribution in [3.63, 3.8) is 0 Å². The Labute approximate surface area is 177 Å². The van der Waals surface area contributed by atoms with Crippen LogP contribution in [0.4, 0.5) is 5.13 Å². The monoisotopic (exact) mass is 432 g/mol. The topological polar surface area (TPSA) is 42.4 Å². The molecular weight excluding hydrogens is 412 g/mol. The summed E-state index contributed by atoms with van der Waals surface area (Å²) in [5.41, 5.74) is 1.40. The number of nitrogens with zero attached hydrogens (tertiary/aromatic N) is 2. The number of hydrogen-bond acceptors (Lipinski definition) is 5. The second-order valence-electron chi connectivity index (χ2n) is 6.59. The first-order valence-electron chi connectivity index (χ1n) is 9.37. The van der Waals surface area contributed by atoms with Crippen molar-refractivity contribution in [3.8, 4) is 0 Å². The van der Waals surface area contributed by atoms with Crippen LogP contribution in [0.1, 0.15) is 30.1 Å². The molecule has 146 valence electrons. The summed E-state index contributed by atoms with van der Waals surface area (Å²) in [6.45, 7) is 3.37. The molecule has 2 aromatic carbocycles. The average molecular weight is 433 g/mol. The molecule has 2 heterocycles. The molecule has 1 amide bonds. The standard InChI is InChI=1S/C21H21ClN2O2S2/c1-2-27-16-10-8-14(9-11-16)20(25)24(13-15-5-4-12-26-15)21-23-19-17(22)6-3-7-18(19)28-21/h3,6-11,15H,2,4-5,12-13H2,1H3. The molecule has 0 N–H and O–H groups in total. The molecule has 0 saturated carbocycles. The molecule has 0 aliphatic carbocycles. The van der Waals surface area contributed by atoms with Crippen molar-refractivity contribution in [2.45, 2.75) is 30.8 Å². The van der Waals surface area contributed by atoms with Gasteiger partial charge in [0.25, 0.3) is 5.91 Å².